The third-order valence-electron chi connectivity index (χ3n) is 4.59. The molecular formula is C16H33N3. The first kappa shape index (κ1) is 15.3. The number of unbranched alkanes of at least 4 members (excludes halogenated alkanes) is 2. The molecule has 0 aromatic heterocycles. The topological polar surface area (TPSA) is 18.5 Å². The van der Waals surface area contributed by atoms with Crippen LogP contribution >= 0.6 is 0 Å². The van der Waals surface area contributed by atoms with Crippen LogP contribution in [0.4, 0.5) is 0 Å². The molecular weight excluding hydrogens is 234 g/mol. The van der Waals surface area contributed by atoms with Crippen molar-refractivity contribution in [1.29, 1.82) is 0 Å². The van der Waals surface area contributed by atoms with Gasteiger partial charge in [-0.1, -0.05) is 20.3 Å². The van der Waals surface area contributed by atoms with Crippen molar-refractivity contribution < 1.29 is 0 Å². The van der Waals surface area contributed by atoms with Crippen LogP contribution in [0.1, 0.15) is 52.4 Å². The smallest absolute Gasteiger partial charge is 0.0223 e. The standard InChI is InChI=1S/C16H33N3/c1-15(2)17-9-4-3-5-10-18-11-7-13-19-12-6-8-16(19)14-18/h15-17H,3-14H2,1-2H3. The molecule has 1 unspecified atom stereocenters. The first-order chi connectivity index (χ1) is 9.25. The normalized spacial score (nSPS) is 25.7. The van der Waals surface area contributed by atoms with Gasteiger partial charge in [0, 0.05) is 18.6 Å². The van der Waals surface area contributed by atoms with Gasteiger partial charge in [-0.15, -0.1) is 0 Å². The molecule has 0 aliphatic carbocycles. The van der Waals surface area contributed by atoms with Crippen LogP contribution in [-0.4, -0.2) is 61.2 Å². The van der Waals surface area contributed by atoms with E-state index < -0.39 is 0 Å². The average molecular weight is 267 g/mol. The molecule has 2 aliphatic rings. The van der Waals surface area contributed by atoms with Crippen molar-refractivity contribution in [2.45, 2.75) is 64.5 Å². The summed E-state index contributed by atoms with van der Waals surface area (Å²) in [6.07, 6.45) is 8.35. The number of nitrogens with zero attached hydrogens (tertiary/aromatic N) is 2. The molecule has 3 heteroatoms. The fraction of sp³-hybridized carbons (Fsp3) is 1.00. The Morgan fingerprint density at radius 1 is 1.05 bits per heavy atom. The van der Waals surface area contributed by atoms with Crippen molar-refractivity contribution in [3.63, 3.8) is 0 Å². The highest BCUT2D eigenvalue weighted by atomic mass is 15.3. The first-order valence-electron chi connectivity index (χ1n) is 8.45. The highest BCUT2D eigenvalue weighted by Gasteiger charge is 2.28. The minimum atomic E-state index is 0.638. The fourth-order valence-corrected chi connectivity index (χ4v) is 3.51. The predicted octanol–water partition coefficient (Wildman–Crippen LogP) is 2.32. The Balaban J connectivity index is 1.55. The SMILES string of the molecule is CC(C)NCCCCCN1CCCN2CCCC2C1. The van der Waals surface area contributed by atoms with Crippen molar-refractivity contribution >= 4 is 0 Å². The summed E-state index contributed by atoms with van der Waals surface area (Å²) in [5.41, 5.74) is 0. The third kappa shape index (κ3) is 5.41. The van der Waals surface area contributed by atoms with Gasteiger partial charge in [-0.25, -0.2) is 0 Å². The van der Waals surface area contributed by atoms with Gasteiger partial charge in [0.25, 0.3) is 0 Å². The molecule has 2 rings (SSSR count). The van der Waals surface area contributed by atoms with Crippen LogP contribution in [0.15, 0.2) is 0 Å². The number of hydrogen-bond donors (Lipinski definition) is 1. The van der Waals surface area contributed by atoms with E-state index in [-0.39, 0.29) is 0 Å². The zero-order chi connectivity index (χ0) is 13.5. The van der Waals surface area contributed by atoms with Crippen molar-refractivity contribution in [2.24, 2.45) is 0 Å². The van der Waals surface area contributed by atoms with Crippen molar-refractivity contribution in [1.82, 2.24) is 15.1 Å². The molecule has 112 valence electrons. The van der Waals surface area contributed by atoms with Gasteiger partial charge in [-0.05, 0) is 64.8 Å². The van der Waals surface area contributed by atoms with Crippen LogP contribution in [0.2, 0.25) is 0 Å². The molecule has 2 aliphatic heterocycles. The quantitative estimate of drug-likeness (QED) is 0.714. The van der Waals surface area contributed by atoms with E-state index in [2.05, 4.69) is 29.0 Å². The molecule has 0 radical (unpaired) electrons. The largest absolute Gasteiger partial charge is 0.315 e. The second-order valence-electron chi connectivity index (χ2n) is 6.66. The number of rotatable bonds is 7. The second-order valence-corrected chi connectivity index (χ2v) is 6.66. The van der Waals surface area contributed by atoms with Crippen molar-refractivity contribution in [3.8, 4) is 0 Å². The molecule has 0 saturated carbocycles. The van der Waals surface area contributed by atoms with Gasteiger partial charge in [0.2, 0.25) is 0 Å². The van der Waals surface area contributed by atoms with Gasteiger partial charge < -0.3 is 10.2 Å². The molecule has 0 bridgehead atoms. The van der Waals surface area contributed by atoms with Crippen LogP contribution in [0.5, 0.6) is 0 Å². The van der Waals surface area contributed by atoms with Gasteiger partial charge >= 0.3 is 0 Å². The molecule has 1 N–H and O–H groups in total. The highest BCUT2D eigenvalue weighted by molar-refractivity contribution is 4.84. The summed E-state index contributed by atoms with van der Waals surface area (Å²) >= 11 is 0. The van der Waals surface area contributed by atoms with Gasteiger partial charge in [0.1, 0.15) is 0 Å². The summed E-state index contributed by atoms with van der Waals surface area (Å²) in [6, 6.07) is 1.52. The predicted molar refractivity (Wildman–Crippen MR) is 82.6 cm³/mol. The maximum Gasteiger partial charge on any atom is 0.0223 e. The lowest BCUT2D eigenvalue weighted by molar-refractivity contribution is 0.217. The van der Waals surface area contributed by atoms with Crippen LogP contribution in [0.25, 0.3) is 0 Å². The maximum atomic E-state index is 3.50. The van der Waals surface area contributed by atoms with Crippen molar-refractivity contribution in [2.75, 3.05) is 39.3 Å². The van der Waals surface area contributed by atoms with E-state index in [1.54, 1.807) is 0 Å². The van der Waals surface area contributed by atoms with Crippen molar-refractivity contribution in [3.05, 3.63) is 0 Å². The molecule has 0 aromatic rings. The minimum absolute atomic E-state index is 0.638. The lowest BCUT2D eigenvalue weighted by atomic mass is 10.2. The minimum Gasteiger partial charge on any atom is -0.315 e. The summed E-state index contributed by atoms with van der Waals surface area (Å²) in [4.78, 5) is 5.46. The van der Waals surface area contributed by atoms with E-state index in [0.29, 0.717) is 6.04 Å². The second kappa shape index (κ2) is 8.23. The molecule has 2 heterocycles. The fourth-order valence-electron chi connectivity index (χ4n) is 3.51. The zero-order valence-electron chi connectivity index (χ0n) is 13.0. The summed E-state index contributed by atoms with van der Waals surface area (Å²) in [5.74, 6) is 0. The Kier molecular flexibility index (Phi) is 6.62. The zero-order valence-corrected chi connectivity index (χ0v) is 13.0. The average Bonchev–Trinajstić information content (AvgIpc) is 2.72. The van der Waals surface area contributed by atoms with Gasteiger partial charge in [0.05, 0.1) is 0 Å². The van der Waals surface area contributed by atoms with E-state index >= 15 is 0 Å². The van der Waals surface area contributed by atoms with E-state index in [0.717, 1.165) is 6.04 Å². The van der Waals surface area contributed by atoms with Crippen LogP contribution < -0.4 is 5.32 Å². The molecule has 3 nitrogen and oxygen atoms in total. The van der Waals surface area contributed by atoms with Gasteiger partial charge in [-0.2, -0.15) is 0 Å². The lowest BCUT2D eigenvalue weighted by Gasteiger charge is -2.25. The Morgan fingerprint density at radius 3 is 2.74 bits per heavy atom. The Labute approximate surface area is 119 Å². The van der Waals surface area contributed by atoms with Crippen LogP contribution in [0.3, 0.4) is 0 Å². The van der Waals surface area contributed by atoms with E-state index in [1.165, 1.54) is 77.8 Å². The number of nitrogens with one attached hydrogen (secondary N) is 1. The Hall–Kier alpha value is -0.120. The lowest BCUT2D eigenvalue weighted by Crippen LogP contribution is -2.37. The summed E-state index contributed by atoms with van der Waals surface area (Å²) < 4.78 is 0. The molecule has 1 atom stereocenters. The van der Waals surface area contributed by atoms with Gasteiger partial charge in [0.15, 0.2) is 0 Å². The molecule has 2 saturated heterocycles. The Morgan fingerprint density at radius 2 is 1.89 bits per heavy atom. The summed E-state index contributed by atoms with van der Waals surface area (Å²) in [5, 5.41) is 3.50. The molecule has 0 aromatic carbocycles. The van der Waals surface area contributed by atoms with E-state index in [9.17, 15) is 0 Å². The highest BCUT2D eigenvalue weighted by Crippen LogP contribution is 2.21. The van der Waals surface area contributed by atoms with E-state index in [1.807, 2.05) is 0 Å². The Bertz CT molecular complexity index is 242. The molecule has 2 fully saturated rings. The van der Waals surface area contributed by atoms with Gasteiger partial charge in [-0.3, -0.25) is 4.90 Å². The monoisotopic (exact) mass is 267 g/mol. The van der Waals surface area contributed by atoms with E-state index in [4.69, 9.17) is 0 Å². The number of hydrogen-bond acceptors (Lipinski definition) is 3. The summed E-state index contributed by atoms with van der Waals surface area (Å²) in [7, 11) is 0. The molecule has 0 amide bonds. The van der Waals surface area contributed by atoms with Crippen LogP contribution in [-0.2, 0) is 0 Å². The molecule has 19 heavy (non-hydrogen) atoms. The van der Waals surface area contributed by atoms with Crippen LogP contribution in [0, 0.1) is 0 Å². The molecule has 0 spiro atoms. The maximum absolute atomic E-state index is 3.50. The number of fused-ring (bicyclic) bond motifs is 1. The third-order valence-corrected chi connectivity index (χ3v) is 4.59. The first-order valence-corrected chi connectivity index (χ1v) is 8.45. The summed E-state index contributed by atoms with van der Waals surface area (Å²) in [6.45, 7) is 12.3.